The van der Waals surface area contributed by atoms with E-state index in [0.29, 0.717) is 31.0 Å². The maximum Gasteiger partial charge on any atom is 0.273 e. The van der Waals surface area contributed by atoms with E-state index >= 15 is 0 Å². The second kappa shape index (κ2) is 8.12. The molecular weight excluding hydrogens is 380 g/mol. The van der Waals surface area contributed by atoms with Crippen molar-refractivity contribution in [2.75, 3.05) is 25.4 Å². The van der Waals surface area contributed by atoms with E-state index in [1.165, 1.54) is 0 Å². The summed E-state index contributed by atoms with van der Waals surface area (Å²) in [6.07, 6.45) is 5.26. The number of amides is 1. The lowest BCUT2D eigenvalue weighted by Gasteiger charge is -2.37. The standard InChI is InChI=1S/C19H30N4O4S/c1-13-10-16(21-19(24)17-11-18(27-22-17)15-2-3-15)6-9-23(13)28(25,26)12-14-4-7-20-8-5-14/h11,13-16,20H,2-10,12H2,1H3,(H,21,24). The highest BCUT2D eigenvalue weighted by atomic mass is 32.2. The first-order chi connectivity index (χ1) is 13.4. The van der Waals surface area contributed by atoms with Crippen molar-refractivity contribution in [2.24, 2.45) is 5.92 Å². The Morgan fingerprint density at radius 2 is 2.04 bits per heavy atom. The molecule has 2 unspecified atom stereocenters. The zero-order valence-electron chi connectivity index (χ0n) is 16.4. The van der Waals surface area contributed by atoms with Gasteiger partial charge in [-0.3, -0.25) is 4.79 Å². The van der Waals surface area contributed by atoms with Crippen molar-refractivity contribution in [3.63, 3.8) is 0 Å². The fourth-order valence-electron chi connectivity index (χ4n) is 4.35. The Kier molecular flexibility index (Phi) is 5.76. The number of hydrogen-bond donors (Lipinski definition) is 2. The molecule has 1 aromatic rings. The van der Waals surface area contributed by atoms with Gasteiger partial charge in [0.05, 0.1) is 5.75 Å². The van der Waals surface area contributed by atoms with Crippen molar-refractivity contribution in [1.82, 2.24) is 20.1 Å². The molecular formula is C19H30N4O4S. The highest BCUT2D eigenvalue weighted by molar-refractivity contribution is 7.89. The average Bonchev–Trinajstić information content (AvgIpc) is 3.38. The molecule has 0 radical (unpaired) electrons. The monoisotopic (exact) mass is 410 g/mol. The lowest BCUT2D eigenvalue weighted by atomic mass is 10.0. The Labute approximate surface area is 166 Å². The lowest BCUT2D eigenvalue weighted by molar-refractivity contribution is 0.0905. The first kappa shape index (κ1) is 19.8. The minimum atomic E-state index is -3.27. The first-order valence-corrected chi connectivity index (χ1v) is 12.0. The van der Waals surface area contributed by atoms with Gasteiger partial charge in [-0.2, -0.15) is 4.31 Å². The maximum atomic E-state index is 12.9. The molecule has 2 atom stereocenters. The molecule has 2 N–H and O–H groups in total. The summed E-state index contributed by atoms with van der Waals surface area (Å²) < 4.78 is 32.7. The fraction of sp³-hybridized carbons (Fsp3) is 0.789. The van der Waals surface area contributed by atoms with Crippen LogP contribution in [-0.4, -0.2) is 61.3 Å². The molecule has 8 nitrogen and oxygen atoms in total. The van der Waals surface area contributed by atoms with E-state index in [9.17, 15) is 13.2 Å². The van der Waals surface area contributed by atoms with Crippen molar-refractivity contribution >= 4 is 15.9 Å². The summed E-state index contributed by atoms with van der Waals surface area (Å²) in [5.41, 5.74) is 0.315. The van der Waals surface area contributed by atoms with Crippen LogP contribution in [0.5, 0.6) is 0 Å². The van der Waals surface area contributed by atoms with Crippen LogP contribution in [0, 0.1) is 5.92 Å². The van der Waals surface area contributed by atoms with Gasteiger partial charge in [-0.25, -0.2) is 8.42 Å². The highest BCUT2D eigenvalue weighted by Gasteiger charge is 2.36. The number of carbonyl (C=O) groups is 1. The first-order valence-electron chi connectivity index (χ1n) is 10.4. The van der Waals surface area contributed by atoms with Crippen LogP contribution in [0.25, 0.3) is 0 Å². The quantitative estimate of drug-likeness (QED) is 0.736. The largest absolute Gasteiger partial charge is 0.360 e. The molecule has 0 aromatic carbocycles. The molecule has 1 aromatic heterocycles. The SMILES string of the molecule is CC1CC(NC(=O)c2cc(C3CC3)on2)CCN1S(=O)(=O)CC1CCNCC1. The molecule has 4 rings (SSSR count). The van der Waals surface area contributed by atoms with Crippen LogP contribution in [0.1, 0.15) is 67.6 Å². The minimum absolute atomic E-state index is 0.0473. The average molecular weight is 411 g/mol. The predicted molar refractivity (Wildman–Crippen MR) is 105 cm³/mol. The minimum Gasteiger partial charge on any atom is -0.360 e. The summed E-state index contributed by atoms with van der Waals surface area (Å²) in [4.78, 5) is 12.4. The number of rotatable bonds is 6. The summed E-state index contributed by atoms with van der Waals surface area (Å²) in [6, 6.07) is 1.56. The number of hydrogen-bond acceptors (Lipinski definition) is 6. The molecule has 3 heterocycles. The van der Waals surface area contributed by atoms with Crippen LogP contribution in [-0.2, 0) is 10.0 Å². The molecule has 2 saturated heterocycles. The topological polar surface area (TPSA) is 105 Å². The number of carbonyl (C=O) groups excluding carboxylic acids is 1. The molecule has 9 heteroatoms. The zero-order valence-corrected chi connectivity index (χ0v) is 17.2. The van der Waals surface area contributed by atoms with E-state index in [1.807, 2.05) is 6.92 Å². The second-order valence-corrected chi connectivity index (χ2v) is 10.5. The van der Waals surface area contributed by atoms with Gasteiger partial charge in [-0.15, -0.1) is 0 Å². The number of sulfonamides is 1. The van der Waals surface area contributed by atoms with E-state index in [0.717, 1.165) is 44.5 Å². The summed E-state index contributed by atoms with van der Waals surface area (Å²) in [5.74, 6) is 1.45. The number of aromatic nitrogens is 1. The zero-order chi connectivity index (χ0) is 19.7. The van der Waals surface area contributed by atoms with Gasteiger partial charge in [0.15, 0.2) is 5.69 Å². The van der Waals surface area contributed by atoms with Gasteiger partial charge in [-0.1, -0.05) is 5.16 Å². The summed E-state index contributed by atoms with van der Waals surface area (Å²) in [7, 11) is -3.27. The third kappa shape index (κ3) is 4.58. The number of piperidine rings is 2. The van der Waals surface area contributed by atoms with Gasteiger partial charge in [-0.05, 0) is 64.5 Å². The van der Waals surface area contributed by atoms with E-state index in [4.69, 9.17) is 4.52 Å². The lowest BCUT2D eigenvalue weighted by Crippen LogP contribution is -2.52. The molecule has 1 aliphatic carbocycles. The Bertz CT molecular complexity index is 799. The number of nitrogens with zero attached hydrogens (tertiary/aromatic N) is 2. The summed E-state index contributed by atoms with van der Waals surface area (Å²) in [6.45, 7) is 4.17. The van der Waals surface area contributed by atoms with Gasteiger partial charge >= 0.3 is 0 Å². The Morgan fingerprint density at radius 1 is 1.29 bits per heavy atom. The molecule has 1 amide bonds. The molecule has 0 bridgehead atoms. The molecule has 0 spiro atoms. The van der Waals surface area contributed by atoms with E-state index in [1.54, 1.807) is 10.4 Å². The van der Waals surface area contributed by atoms with Gasteiger partial charge in [0, 0.05) is 30.6 Å². The molecule has 2 aliphatic heterocycles. The summed E-state index contributed by atoms with van der Waals surface area (Å²) >= 11 is 0. The van der Waals surface area contributed by atoms with Crippen molar-refractivity contribution in [1.29, 1.82) is 0 Å². The highest BCUT2D eigenvalue weighted by Crippen LogP contribution is 2.40. The van der Waals surface area contributed by atoms with Crippen molar-refractivity contribution in [3.8, 4) is 0 Å². The van der Waals surface area contributed by atoms with Gasteiger partial charge in [0.25, 0.3) is 5.91 Å². The van der Waals surface area contributed by atoms with E-state index in [-0.39, 0.29) is 29.7 Å². The van der Waals surface area contributed by atoms with Crippen molar-refractivity contribution < 1.29 is 17.7 Å². The fourth-order valence-corrected chi connectivity index (χ4v) is 6.49. The Morgan fingerprint density at radius 3 is 2.71 bits per heavy atom. The maximum absolute atomic E-state index is 12.9. The smallest absolute Gasteiger partial charge is 0.273 e. The Hall–Kier alpha value is -1.45. The third-order valence-electron chi connectivity index (χ3n) is 6.15. The molecule has 156 valence electrons. The van der Waals surface area contributed by atoms with Gasteiger partial charge in [0.2, 0.25) is 10.0 Å². The normalized spacial score (nSPS) is 27.6. The van der Waals surface area contributed by atoms with Crippen LogP contribution in [0.2, 0.25) is 0 Å². The van der Waals surface area contributed by atoms with Gasteiger partial charge < -0.3 is 15.2 Å². The van der Waals surface area contributed by atoms with Crippen molar-refractivity contribution in [3.05, 3.63) is 17.5 Å². The molecule has 3 aliphatic rings. The molecule has 28 heavy (non-hydrogen) atoms. The predicted octanol–water partition coefficient (Wildman–Crippen LogP) is 1.46. The van der Waals surface area contributed by atoms with Crippen LogP contribution < -0.4 is 10.6 Å². The van der Waals surface area contributed by atoms with Gasteiger partial charge in [0.1, 0.15) is 5.76 Å². The van der Waals surface area contributed by atoms with Crippen LogP contribution in [0.3, 0.4) is 0 Å². The van der Waals surface area contributed by atoms with Crippen LogP contribution in [0.4, 0.5) is 0 Å². The summed E-state index contributed by atoms with van der Waals surface area (Å²) in [5, 5.41) is 10.2. The third-order valence-corrected chi connectivity index (χ3v) is 8.30. The Balaban J connectivity index is 1.30. The number of nitrogens with one attached hydrogen (secondary N) is 2. The van der Waals surface area contributed by atoms with E-state index in [2.05, 4.69) is 15.8 Å². The molecule has 3 fully saturated rings. The van der Waals surface area contributed by atoms with Crippen LogP contribution >= 0.6 is 0 Å². The second-order valence-electron chi connectivity index (χ2n) is 8.52. The van der Waals surface area contributed by atoms with Crippen LogP contribution in [0.15, 0.2) is 10.6 Å². The van der Waals surface area contributed by atoms with E-state index < -0.39 is 10.0 Å². The van der Waals surface area contributed by atoms with Crippen molar-refractivity contribution in [2.45, 2.75) is 63.5 Å². The molecule has 1 saturated carbocycles.